The molecule has 2 N–H and O–H groups in total. The third-order valence-corrected chi connectivity index (χ3v) is 2.48. The molecule has 1 aromatic carbocycles. The molecule has 0 saturated heterocycles. The molecule has 1 amide bonds. The van der Waals surface area contributed by atoms with Gasteiger partial charge in [-0.15, -0.1) is 0 Å². The summed E-state index contributed by atoms with van der Waals surface area (Å²) in [6.45, 7) is 5.00. The van der Waals surface area contributed by atoms with Crippen LogP contribution in [0.3, 0.4) is 0 Å². The van der Waals surface area contributed by atoms with Crippen LogP contribution in [0, 0.1) is 11.3 Å². The SMILES string of the molecule is CC(C)(C)OC(=O)NCC(=Cc1ccc(C#N)cc1)C(=O)O. The zero-order chi connectivity index (χ0) is 16.8. The fourth-order valence-electron chi connectivity index (χ4n) is 1.53. The van der Waals surface area contributed by atoms with Crippen molar-refractivity contribution < 1.29 is 19.4 Å². The number of amides is 1. The zero-order valence-corrected chi connectivity index (χ0v) is 12.7. The Kier molecular flexibility index (Phi) is 5.70. The monoisotopic (exact) mass is 302 g/mol. The minimum absolute atomic E-state index is 0.00978. The van der Waals surface area contributed by atoms with E-state index >= 15 is 0 Å². The normalized spacial score (nSPS) is 11.5. The van der Waals surface area contributed by atoms with Gasteiger partial charge in [-0.2, -0.15) is 5.26 Å². The van der Waals surface area contributed by atoms with Gasteiger partial charge in [0.05, 0.1) is 23.8 Å². The molecule has 22 heavy (non-hydrogen) atoms. The van der Waals surface area contributed by atoms with E-state index in [4.69, 9.17) is 15.1 Å². The van der Waals surface area contributed by atoms with E-state index in [0.717, 1.165) is 0 Å². The molecule has 6 heteroatoms. The topological polar surface area (TPSA) is 99.4 Å². The van der Waals surface area contributed by atoms with Gasteiger partial charge in [0.25, 0.3) is 0 Å². The number of rotatable bonds is 4. The first-order valence-electron chi connectivity index (χ1n) is 6.62. The van der Waals surface area contributed by atoms with Crippen molar-refractivity contribution in [3.05, 3.63) is 41.0 Å². The number of hydrogen-bond acceptors (Lipinski definition) is 4. The Balaban J connectivity index is 2.77. The van der Waals surface area contributed by atoms with E-state index in [1.807, 2.05) is 6.07 Å². The fourth-order valence-corrected chi connectivity index (χ4v) is 1.53. The van der Waals surface area contributed by atoms with E-state index < -0.39 is 17.7 Å². The quantitative estimate of drug-likeness (QED) is 0.833. The standard InChI is InChI=1S/C16H18N2O4/c1-16(2,3)22-15(21)18-10-13(14(19)20)8-11-4-6-12(9-17)7-5-11/h4-8H,10H2,1-3H3,(H,18,21)(H,19,20). The first kappa shape index (κ1) is 17.2. The number of nitriles is 1. The van der Waals surface area contributed by atoms with Gasteiger partial charge in [-0.3, -0.25) is 0 Å². The molecule has 0 bridgehead atoms. The summed E-state index contributed by atoms with van der Waals surface area (Å²) in [7, 11) is 0. The molecule has 6 nitrogen and oxygen atoms in total. The van der Waals surface area contributed by atoms with Crippen LogP contribution < -0.4 is 5.32 Å². The molecule has 0 aliphatic rings. The minimum Gasteiger partial charge on any atom is -0.478 e. The van der Waals surface area contributed by atoms with Crippen LogP contribution in [0.2, 0.25) is 0 Å². The van der Waals surface area contributed by atoms with Gasteiger partial charge in [0, 0.05) is 0 Å². The highest BCUT2D eigenvalue weighted by Gasteiger charge is 2.17. The number of carbonyl (C=O) groups excluding carboxylic acids is 1. The van der Waals surface area contributed by atoms with Gasteiger partial charge in [0.15, 0.2) is 0 Å². The van der Waals surface area contributed by atoms with Gasteiger partial charge in [0.2, 0.25) is 0 Å². The molecular formula is C16H18N2O4. The Bertz CT molecular complexity index is 619. The number of hydrogen-bond donors (Lipinski definition) is 2. The molecule has 0 radical (unpaired) electrons. The van der Waals surface area contributed by atoms with Gasteiger partial charge in [-0.1, -0.05) is 12.1 Å². The smallest absolute Gasteiger partial charge is 0.407 e. The Labute approximate surface area is 129 Å². The highest BCUT2D eigenvalue weighted by atomic mass is 16.6. The summed E-state index contributed by atoms with van der Waals surface area (Å²) in [5, 5.41) is 20.3. The lowest BCUT2D eigenvalue weighted by molar-refractivity contribution is -0.132. The number of carboxylic acids is 1. The third kappa shape index (κ3) is 6.09. The highest BCUT2D eigenvalue weighted by molar-refractivity contribution is 5.93. The van der Waals surface area contributed by atoms with Crippen LogP contribution in [0.1, 0.15) is 31.9 Å². The molecule has 0 aromatic heterocycles. The van der Waals surface area contributed by atoms with E-state index in [1.165, 1.54) is 6.08 Å². The molecule has 116 valence electrons. The average molecular weight is 302 g/mol. The third-order valence-electron chi connectivity index (χ3n) is 2.48. The Morgan fingerprint density at radius 2 is 1.91 bits per heavy atom. The van der Waals surface area contributed by atoms with Gasteiger partial charge < -0.3 is 15.2 Å². The summed E-state index contributed by atoms with van der Waals surface area (Å²) in [6, 6.07) is 8.43. The van der Waals surface area contributed by atoms with Crippen molar-refractivity contribution >= 4 is 18.1 Å². The molecule has 0 heterocycles. The molecule has 1 rings (SSSR count). The minimum atomic E-state index is -1.14. The number of nitrogens with one attached hydrogen (secondary N) is 1. The van der Waals surface area contributed by atoms with E-state index in [2.05, 4.69) is 5.32 Å². The molecular weight excluding hydrogens is 284 g/mol. The summed E-state index contributed by atoms with van der Waals surface area (Å²) in [5.41, 5.74) is 0.475. The van der Waals surface area contributed by atoms with Crippen molar-refractivity contribution in [2.45, 2.75) is 26.4 Å². The second-order valence-electron chi connectivity index (χ2n) is 5.56. The molecule has 0 aliphatic carbocycles. The van der Waals surface area contributed by atoms with Crippen LogP contribution in [-0.2, 0) is 9.53 Å². The Hall–Kier alpha value is -2.81. The van der Waals surface area contributed by atoms with Crippen molar-refractivity contribution in [1.82, 2.24) is 5.32 Å². The maximum absolute atomic E-state index is 11.5. The Morgan fingerprint density at radius 3 is 2.36 bits per heavy atom. The molecule has 0 fully saturated rings. The van der Waals surface area contributed by atoms with Crippen molar-refractivity contribution in [2.75, 3.05) is 6.54 Å². The second kappa shape index (κ2) is 7.27. The zero-order valence-electron chi connectivity index (χ0n) is 12.7. The number of carbonyl (C=O) groups is 2. The molecule has 0 unspecified atom stereocenters. The number of aliphatic carboxylic acids is 1. The fraction of sp³-hybridized carbons (Fsp3) is 0.312. The van der Waals surface area contributed by atoms with Crippen LogP contribution >= 0.6 is 0 Å². The lowest BCUT2D eigenvalue weighted by Gasteiger charge is -2.19. The number of nitrogens with zero attached hydrogens (tertiary/aromatic N) is 1. The van der Waals surface area contributed by atoms with Crippen LogP contribution in [-0.4, -0.2) is 29.3 Å². The predicted octanol–water partition coefficient (Wildman–Crippen LogP) is 2.55. The molecule has 0 spiro atoms. The van der Waals surface area contributed by atoms with Gasteiger partial charge in [-0.25, -0.2) is 9.59 Å². The molecule has 1 aromatic rings. The molecule has 0 saturated carbocycles. The van der Waals surface area contributed by atoms with Crippen LogP contribution in [0.4, 0.5) is 4.79 Å². The van der Waals surface area contributed by atoms with Gasteiger partial charge in [-0.05, 0) is 44.5 Å². The lowest BCUT2D eigenvalue weighted by atomic mass is 10.1. The van der Waals surface area contributed by atoms with Crippen molar-refractivity contribution in [3.63, 3.8) is 0 Å². The lowest BCUT2D eigenvalue weighted by Crippen LogP contribution is -2.34. The number of carboxylic acid groups (broad SMARTS) is 1. The second-order valence-corrected chi connectivity index (χ2v) is 5.56. The number of alkyl carbamates (subject to hydrolysis) is 1. The summed E-state index contributed by atoms with van der Waals surface area (Å²) >= 11 is 0. The van der Waals surface area contributed by atoms with E-state index in [9.17, 15) is 9.59 Å². The maximum atomic E-state index is 11.5. The summed E-state index contributed by atoms with van der Waals surface area (Å²) in [4.78, 5) is 22.7. The van der Waals surface area contributed by atoms with Crippen LogP contribution in [0.15, 0.2) is 29.8 Å². The maximum Gasteiger partial charge on any atom is 0.407 e. The highest BCUT2D eigenvalue weighted by Crippen LogP contribution is 2.10. The number of ether oxygens (including phenoxy) is 1. The van der Waals surface area contributed by atoms with Crippen molar-refractivity contribution in [1.29, 1.82) is 5.26 Å². The summed E-state index contributed by atoms with van der Waals surface area (Å²) in [6.07, 6.45) is 0.750. The van der Waals surface area contributed by atoms with E-state index in [1.54, 1.807) is 45.0 Å². The first-order valence-corrected chi connectivity index (χ1v) is 6.62. The first-order chi connectivity index (χ1) is 10.2. The van der Waals surface area contributed by atoms with Crippen molar-refractivity contribution in [2.24, 2.45) is 0 Å². The summed E-state index contributed by atoms with van der Waals surface area (Å²) in [5.74, 6) is -1.14. The van der Waals surface area contributed by atoms with Crippen molar-refractivity contribution in [3.8, 4) is 6.07 Å². The average Bonchev–Trinajstić information content (AvgIpc) is 2.41. The molecule has 0 atom stereocenters. The van der Waals surface area contributed by atoms with Gasteiger partial charge >= 0.3 is 12.1 Å². The summed E-state index contributed by atoms with van der Waals surface area (Å²) < 4.78 is 5.04. The Morgan fingerprint density at radius 1 is 1.32 bits per heavy atom. The van der Waals surface area contributed by atoms with Crippen LogP contribution in [0.25, 0.3) is 6.08 Å². The van der Waals surface area contributed by atoms with Crippen LogP contribution in [0.5, 0.6) is 0 Å². The van der Waals surface area contributed by atoms with E-state index in [-0.39, 0.29) is 12.1 Å². The number of benzene rings is 1. The van der Waals surface area contributed by atoms with Gasteiger partial charge in [0.1, 0.15) is 5.60 Å². The van der Waals surface area contributed by atoms with E-state index in [0.29, 0.717) is 11.1 Å². The molecule has 0 aliphatic heterocycles. The largest absolute Gasteiger partial charge is 0.478 e. The predicted molar refractivity (Wildman–Crippen MR) is 81.0 cm³/mol.